The zero-order valence-electron chi connectivity index (χ0n) is 10.2. The highest BCUT2D eigenvalue weighted by molar-refractivity contribution is 5.14. The van der Waals surface area contributed by atoms with Crippen molar-refractivity contribution in [2.24, 2.45) is 0 Å². The fourth-order valence-electron chi connectivity index (χ4n) is 2.30. The molecule has 1 aliphatic heterocycles. The minimum Gasteiger partial charge on any atom is -0.309 e. The second kappa shape index (κ2) is 6.02. The Bertz CT molecular complexity index is 291. The van der Waals surface area contributed by atoms with Crippen molar-refractivity contribution in [3.05, 3.63) is 35.9 Å². The Kier molecular flexibility index (Phi) is 4.37. The van der Waals surface area contributed by atoms with Gasteiger partial charge >= 0.3 is 0 Å². The number of benzene rings is 1. The molecule has 0 saturated carbocycles. The smallest absolute Gasteiger partial charge is 0.0208 e. The largest absolute Gasteiger partial charge is 0.309 e. The molecule has 1 N–H and O–H groups in total. The fraction of sp³-hybridized carbons (Fsp3) is 0.571. The van der Waals surface area contributed by atoms with Crippen molar-refractivity contribution in [2.45, 2.75) is 32.4 Å². The second-order valence-electron chi connectivity index (χ2n) is 4.78. The first-order chi connectivity index (χ1) is 7.84. The molecule has 88 valence electrons. The molecule has 0 aliphatic carbocycles. The summed E-state index contributed by atoms with van der Waals surface area (Å²) in [6, 6.07) is 11.2. The van der Waals surface area contributed by atoms with Crippen molar-refractivity contribution in [1.82, 2.24) is 10.2 Å². The lowest BCUT2D eigenvalue weighted by atomic mass is 10.2. The SMILES string of the molecule is CC(CN1CCCC1)NCc1ccccc1. The van der Waals surface area contributed by atoms with Crippen molar-refractivity contribution in [3.8, 4) is 0 Å². The van der Waals surface area contributed by atoms with E-state index in [0.29, 0.717) is 6.04 Å². The van der Waals surface area contributed by atoms with Gasteiger partial charge in [-0.1, -0.05) is 30.3 Å². The molecule has 16 heavy (non-hydrogen) atoms. The van der Waals surface area contributed by atoms with E-state index in [-0.39, 0.29) is 0 Å². The Balaban J connectivity index is 1.69. The summed E-state index contributed by atoms with van der Waals surface area (Å²) in [5, 5.41) is 3.58. The molecule has 1 atom stereocenters. The molecule has 1 aliphatic rings. The Morgan fingerprint density at radius 1 is 1.19 bits per heavy atom. The van der Waals surface area contributed by atoms with Gasteiger partial charge < -0.3 is 10.2 Å². The van der Waals surface area contributed by atoms with Crippen LogP contribution in [0.4, 0.5) is 0 Å². The van der Waals surface area contributed by atoms with E-state index in [4.69, 9.17) is 0 Å². The molecule has 1 saturated heterocycles. The first-order valence-electron chi connectivity index (χ1n) is 6.34. The van der Waals surface area contributed by atoms with E-state index in [2.05, 4.69) is 47.5 Å². The van der Waals surface area contributed by atoms with Crippen LogP contribution in [0.5, 0.6) is 0 Å². The third-order valence-corrected chi connectivity index (χ3v) is 3.23. The van der Waals surface area contributed by atoms with Gasteiger partial charge in [-0.3, -0.25) is 0 Å². The molecule has 1 heterocycles. The van der Waals surface area contributed by atoms with Crippen LogP contribution in [0.25, 0.3) is 0 Å². The zero-order valence-corrected chi connectivity index (χ0v) is 10.2. The Morgan fingerprint density at radius 3 is 2.56 bits per heavy atom. The summed E-state index contributed by atoms with van der Waals surface area (Å²) in [6.07, 6.45) is 2.76. The van der Waals surface area contributed by atoms with Crippen LogP contribution in [0, 0.1) is 0 Å². The fourth-order valence-corrected chi connectivity index (χ4v) is 2.30. The summed E-state index contributed by atoms with van der Waals surface area (Å²) in [5.41, 5.74) is 1.37. The van der Waals surface area contributed by atoms with Gasteiger partial charge in [-0.25, -0.2) is 0 Å². The highest BCUT2D eigenvalue weighted by atomic mass is 15.2. The molecule has 1 unspecified atom stereocenters. The zero-order chi connectivity index (χ0) is 11.2. The summed E-state index contributed by atoms with van der Waals surface area (Å²) in [6.45, 7) is 7.03. The standard InChI is InChI=1S/C14H22N2/c1-13(12-16-9-5-6-10-16)15-11-14-7-3-2-4-8-14/h2-4,7-8,13,15H,5-6,9-12H2,1H3. The third kappa shape index (κ3) is 3.62. The molecule has 2 rings (SSSR count). The first-order valence-corrected chi connectivity index (χ1v) is 6.34. The summed E-state index contributed by atoms with van der Waals surface area (Å²) in [5.74, 6) is 0. The molecule has 0 bridgehead atoms. The quantitative estimate of drug-likeness (QED) is 0.815. The lowest BCUT2D eigenvalue weighted by molar-refractivity contribution is 0.298. The molecule has 0 radical (unpaired) electrons. The van der Waals surface area contributed by atoms with Crippen LogP contribution in [-0.4, -0.2) is 30.6 Å². The van der Waals surface area contributed by atoms with E-state index in [0.717, 1.165) is 6.54 Å². The molecule has 2 nitrogen and oxygen atoms in total. The summed E-state index contributed by atoms with van der Waals surface area (Å²) >= 11 is 0. The van der Waals surface area contributed by atoms with E-state index in [1.807, 2.05) is 0 Å². The predicted molar refractivity (Wildman–Crippen MR) is 68.4 cm³/mol. The van der Waals surface area contributed by atoms with E-state index in [1.165, 1.54) is 38.0 Å². The summed E-state index contributed by atoms with van der Waals surface area (Å²) in [4.78, 5) is 2.56. The van der Waals surface area contributed by atoms with Gasteiger partial charge in [-0.2, -0.15) is 0 Å². The molecule has 1 fully saturated rings. The third-order valence-electron chi connectivity index (χ3n) is 3.23. The number of hydrogen-bond donors (Lipinski definition) is 1. The van der Waals surface area contributed by atoms with Gasteiger partial charge in [0.15, 0.2) is 0 Å². The molecule has 1 aromatic rings. The number of hydrogen-bond acceptors (Lipinski definition) is 2. The van der Waals surface area contributed by atoms with Crippen molar-refractivity contribution >= 4 is 0 Å². The van der Waals surface area contributed by atoms with E-state index >= 15 is 0 Å². The monoisotopic (exact) mass is 218 g/mol. The molecule has 0 spiro atoms. The Labute approximate surface area is 98.7 Å². The average Bonchev–Trinajstić information content (AvgIpc) is 2.81. The maximum Gasteiger partial charge on any atom is 0.0208 e. The van der Waals surface area contributed by atoms with Gasteiger partial charge in [-0.15, -0.1) is 0 Å². The van der Waals surface area contributed by atoms with Crippen molar-refractivity contribution in [3.63, 3.8) is 0 Å². The maximum atomic E-state index is 3.58. The molecule has 0 aromatic heterocycles. The van der Waals surface area contributed by atoms with Crippen molar-refractivity contribution in [1.29, 1.82) is 0 Å². The normalized spacial score (nSPS) is 18.8. The van der Waals surface area contributed by atoms with Crippen molar-refractivity contribution < 1.29 is 0 Å². The molecular formula is C14H22N2. The van der Waals surface area contributed by atoms with Crippen LogP contribution in [0.15, 0.2) is 30.3 Å². The number of likely N-dealkylation sites (tertiary alicyclic amines) is 1. The van der Waals surface area contributed by atoms with Crippen LogP contribution in [0.2, 0.25) is 0 Å². The second-order valence-corrected chi connectivity index (χ2v) is 4.78. The molecular weight excluding hydrogens is 196 g/mol. The van der Waals surface area contributed by atoms with Crippen LogP contribution >= 0.6 is 0 Å². The number of nitrogens with one attached hydrogen (secondary N) is 1. The van der Waals surface area contributed by atoms with Crippen LogP contribution < -0.4 is 5.32 Å². The molecule has 1 aromatic carbocycles. The van der Waals surface area contributed by atoms with E-state index in [9.17, 15) is 0 Å². The first kappa shape index (κ1) is 11.6. The maximum absolute atomic E-state index is 3.58. The highest BCUT2D eigenvalue weighted by Gasteiger charge is 2.13. The number of nitrogens with zero attached hydrogens (tertiary/aromatic N) is 1. The summed E-state index contributed by atoms with van der Waals surface area (Å²) < 4.78 is 0. The van der Waals surface area contributed by atoms with Gasteiger partial charge in [0, 0.05) is 19.1 Å². The molecule has 0 amide bonds. The predicted octanol–water partition coefficient (Wildman–Crippen LogP) is 2.26. The van der Waals surface area contributed by atoms with E-state index in [1.54, 1.807) is 0 Å². The summed E-state index contributed by atoms with van der Waals surface area (Å²) in [7, 11) is 0. The average molecular weight is 218 g/mol. The lowest BCUT2D eigenvalue weighted by Crippen LogP contribution is -2.37. The topological polar surface area (TPSA) is 15.3 Å². The Hall–Kier alpha value is -0.860. The lowest BCUT2D eigenvalue weighted by Gasteiger charge is -2.21. The van der Waals surface area contributed by atoms with Gasteiger partial charge in [0.1, 0.15) is 0 Å². The van der Waals surface area contributed by atoms with Crippen molar-refractivity contribution in [2.75, 3.05) is 19.6 Å². The van der Waals surface area contributed by atoms with Gasteiger partial charge in [0.2, 0.25) is 0 Å². The highest BCUT2D eigenvalue weighted by Crippen LogP contribution is 2.07. The van der Waals surface area contributed by atoms with Crippen LogP contribution in [0.1, 0.15) is 25.3 Å². The van der Waals surface area contributed by atoms with Gasteiger partial charge in [-0.05, 0) is 38.4 Å². The van der Waals surface area contributed by atoms with E-state index < -0.39 is 0 Å². The van der Waals surface area contributed by atoms with Crippen LogP contribution in [-0.2, 0) is 6.54 Å². The van der Waals surface area contributed by atoms with Crippen LogP contribution in [0.3, 0.4) is 0 Å². The minimum atomic E-state index is 0.582. The Morgan fingerprint density at radius 2 is 1.88 bits per heavy atom. The minimum absolute atomic E-state index is 0.582. The van der Waals surface area contributed by atoms with Gasteiger partial charge in [0.25, 0.3) is 0 Å². The number of rotatable bonds is 5. The molecule has 2 heteroatoms. The van der Waals surface area contributed by atoms with Gasteiger partial charge in [0.05, 0.1) is 0 Å².